The maximum absolute atomic E-state index is 11.3. The summed E-state index contributed by atoms with van der Waals surface area (Å²) in [5.74, 6) is 0. The highest BCUT2D eigenvalue weighted by Crippen LogP contribution is 2.29. The van der Waals surface area contributed by atoms with Gasteiger partial charge in [0.05, 0.1) is 4.92 Å². The van der Waals surface area contributed by atoms with Gasteiger partial charge < -0.3 is 5.21 Å². The van der Waals surface area contributed by atoms with Gasteiger partial charge in [0.15, 0.2) is 0 Å². The van der Waals surface area contributed by atoms with Crippen molar-refractivity contribution in [2.24, 2.45) is 0 Å². The van der Waals surface area contributed by atoms with E-state index >= 15 is 0 Å². The number of non-ortho nitro benzene ring substituents is 1. The first-order chi connectivity index (χ1) is 12.3. The van der Waals surface area contributed by atoms with Crippen molar-refractivity contribution in [3.8, 4) is 0 Å². The topological polar surface area (TPSA) is 110 Å². The van der Waals surface area contributed by atoms with E-state index in [4.69, 9.17) is 0 Å². The number of hydrogen-bond donors (Lipinski definition) is 1. The minimum Gasteiger partial charge on any atom is -0.313 e. The molecule has 138 valence electrons. The first-order valence-electron chi connectivity index (χ1n) is 8.20. The van der Waals surface area contributed by atoms with E-state index in [9.17, 15) is 25.4 Å². The summed E-state index contributed by atoms with van der Waals surface area (Å²) < 4.78 is 0. The van der Waals surface area contributed by atoms with Crippen LogP contribution in [0.2, 0.25) is 0 Å². The molecule has 0 heterocycles. The lowest BCUT2D eigenvalue weighted by molar-refractivity contribution is -0.533. The van der Waals surface area contributed by atoms with E-state index in [1.807, 2.05) is 30.3 Å². The monoisotopic (exact) mass is 359 g/mol. The van der Waals surface area contributed by atoms with E-state index in [1.54, 1.807) is 6.92 Å². The van der Waals surface area contributed by atoms with Crippen LogP contribution < -0.4 is 0 Å². The second-order valence-corrected chi connectivity index (χ2v) is 6.24. The van der Waals surface area contributed by atoms with Crippen molar-refractivity contribution >= 4 is 5.69 Å². The maximum atomic E-state index is 11.3. The molecule has 8 nitrogen and oxygen atoms in total. The Morgan fingerprint density at radius 3 is 2.08 bits per heavy atom. The van der Waals surface area contributed by atoms with Crippen LogP contribution in [0.5, 0.6) is 0 Å². The van der Waals surface area contributed by atoms with Crippen LogP contribution in [0.25, 0.3) is 0 Å². The highest BCUT2D eigenvalue weighted by molar-refractivity contribution is 5.34. The largest absolute Gasteiger partial charge is 0.313 e. The molecule has 0 saturated carbocycles. The van der Waals surface area contributed by atoms with Gasteiger partial charge in [-0.2, -0.15) is 5.06 Å². The zero-order valence-electron chi connectivity index (χ0n) is 14.6. The second-order valence-electron chi connectivity index (χ2n) is 6.24. The normalized spacial score (nSPS) is 14.6. The van der Waals surface area contributed by atoms with Crippen LogP contribution in [0.1, 0.15) is 31.0 Å². The third kappa shape index (κ3) is 4.62. The van der Waals surface area contributed by atoms with Crippen LogP contribution in [-0.2, 0) is 6.42 Å². The molecule has 0 bridgehead atoms. The summed E-state index contributed by atoms with van der Waals surface area (Å²) in [7, 11) is 0. The first kappa shape index (κ1) is 19.5. The predicted octanol–water partition coefficient (Wildman–Crippen LogP) is 3.62. The highest BCUT2D eigenvalue weighted by Gasteiger charge is 2.35. The molecule has 0 aliphatic rings. The van der Waals surface area contributed by atoms with E-state index in [0.29, 0.717) is 12.0 Å². The maximum Gasteiger partial charge on any atom is 0.269 e. The molecule has 2 aromatic carbocycles. The summed E-state index contributed by atoms with van der Waals surface area (Å²) in [4.78, 5) is 21.1. The van der Waals surface area contributed by atoms with Crippen LogP contribution >= 0.6 is 0 Å². The van der Waals surface area contributed by atoms with E-state index < -0.39 is 21.9 Å². The molecule has 8 heteroatoms. The SMILES string of the molecule is CC(Cc1ccccc1)N(O)C(c1ccc([N+](=O)[O-])cc1)C(C)[N+](=O)[O-]. The molecule has 0 radical (unpaired) electrons. The summed E-state index contributed by atoms with van der Waals surface area (Å²) in [5, 5.41) is 33.8. The van der Waals surface area contributed by atoms with Gasteiger partial charge in [-0.15, -0.1) is 0 Å². The van der Waals surface area contributed by atoms with Crippen LogP contribution in [-0.4, -0.2) is 32.2 Å². The minimum atomic E-state index is -1.10. The highest BCUT2D eigenvalue weighted by atomic mass is 16.6. The fourth-order valence-corrected chi connectivity index (χ4v) is 2.88. The van der Waals surface area contributed by atoms with Gasteiger partial charge in [0, 0.05) is 30.0 Å². The summed E-state index contributed by atoms with van der Waals surface area (Å²) >= 11 is 0. The number of hydroxylamine groups is 2. The van der Waals surface area contributed by atoms with Crippen molar-refractivity contribution in [2.75, 3.05) is 0 Å². The zero-order chi connectivity index (χ0) is 19.3. The molecule has 0 fully saturated rings. The standard InChI is InChI=1S/C18H21N3O5/c1-13(12-15-6-4-3-5-7-15)19(22)18(14(2)20(23)24)16-8-10-17(11-9-16)21(25)26/h3-11,13-14,18,22H,12H2,1-2H3. The summed E-state index contributed by atoms with van der Waals surface area (Å²) in [6.07, 6.45) is 0.505. The molecule has 3 atom stereocenters. The third-order valence-electron chi connectivity index (χ3n) is 4.35. The smallest absolute Gasteiger partial charge is 0.269 e. The average molecular weight is 359 g/mol. The number of hydrogen-bond acceptors (Lipinski definition) is 6. The van der Waals surface area contributed by atoms with Gasteiger partial charge in [0.25, 0.3) is 5.69 Å². The van der Waals surface area contributed by atoms with Crippen LogP contribution in [0, 0.1) is 20.2 Å². The van der Waals surface area contributed by atoms with E-state index in [2.05, 4.69) is 0 Å². The zero-order valence-corrected chi connectivity index (χ0v) is 14.6. The molecule has 0 spiro atoms. The Morgan fingerprint density at radius 1 is 1.00 bits per heavy atom. The average Bonchev–Trinajstić information content (AvgIpc) is 2.62. The van der Waals surface area contributed by atoms with Gasteiger partial charge in [-0.25, -0.2) is 0 Å². The summed E-state index contributed by atoms with van der Waals surface area (Å²) in [6, 6.07) is 12.5. The third-order valence-corrected chi connectivity index (χ3v) is 4.35. The quantitative estimate of drug-likeness (QED) is 0.569. The molecular formula is C18H21N3O5. The van der Waals surface area contributed by atoms with Crippen molar-refractivity contribution in [3.05, 3.63) is 86.0 Å². The molecule has 0 aliphatic heterocycles. The van der Waals surface area contributed by atoms with Gasteiger partial charge in [0.1, 0.15) is 6.04 Å². The van der Waals surface area contributed by atoms with Gasteiger partial charge in [-0.3, -0.25) is 20.2 Å². The Balaban J connectivity index is 2.28. The lowest BCUT2D eigenvalue weighted by atomic mass is 9.97. The van der Waals surface area contributed by atoms with Gasteiger partial charge in [-0.1, -0.05) is 42.5 Å². The fourth-order valence-electron chi connectivity index (χ4n) is 2.88. The lowest BCUT2D eigenvalue weighted by Crippen LogP contribution is -2.42. The molecule has 0 saturated heterocycles. The van der Waals surface area contributed by atoms with Crippen LogP contribution in [0.3, 0.4) is 0 Å². The van der Waals surface area contributed by atoms with E-state index in [1.165, 1.54) is 31.2 Å². The lowest BCUT2D eigenvalue weighted by Gasteiger charge is -2.31. The van der Waals surface area contributed by atoms with Crippen molar-refractivity contribution < 1.29 is 15.1 Å². The number of nitro groups is 2. The molecule has 1 N–H and O–H groups in total. The Kier molecular flexibility index (Phi) is 6.37. The molecular weight excluding hydrogens is 338 g/mol. The molecule has 0 aliphatic carbocycles. The van der Waals surface area contributed by atoms with Gasteiger partial charge in [0.2, 0.25) is 6.04 Å². The summed E-state index contributed by atoms with van der Waals surface area (Å²) in [5.41, 5.74) is 1.33. The van der Waals surface area contributed by atoms with Gasteiger partial charge >= 0.3 is 0 Å². The molecule has 3 unspecified atom stereocenters. The number of benzene rings is 2. The fraction of sp³-hybridized carbons (Fsp3) is 0.333. The molecule has 2 aromatic rings. The van der Waals surface area contributed by atoms with Crippen molar-refractivity contribution in [2.45, 2.75) is 38.4 Å². The first-order valence-corrected chi connectivity index (χ1v) is 8.20. The van der Waals surface area contributed by atoms with Crippen LogP contribution in [0.4, 0.5) is 5.69 Å². The number of rotatable bonds is 8. The Hall–Kier alpha value is -2.84. The van der Waals surface area contributed by atoms with Gasteiger partial charge in [-0.05, 0) is 24.5 Å². The predicted molar refractivity (Wildman–Crippen MR) is 95.5 cm³/mol. The summed E-state index contributed by atoms with van der Waals surface area (Å²) in [6.45, 7) is 3.18. The van der Waals surface area contributed by atoms with Crippen molar-refractivity contribution in [1.29, 1.82) is 0 Å². The Labute approximate surface area is 150 Å². The van der Waals surface area contributed by atoms with Crippen LogP contribution in [0.15, 0.2) is 54.6 Å². The number of nitrogens with zero attached hydrogens (tertiary/aromatic N) is 3. The minimum absolute atomic E-state index is 0.108. The second kappa shape index (κ2) is 8.50. The molecule has 2 rings (SSSR count). The molecule has 26 heavy (non-hydrogen) atoms. The molecule has 0 aromatic heterocycles. The Bertz CT molecular complexity index is 751. The number of nitro benzene ring substituents is 1. The van der Waals surface area contributed by atoms with E-state index in [-0.39, 0.29) is 11.7 Å². The van der Waals surface area contributed by atoms with E-state index in [0.717, 1.165) is 10.6 Å². The Morgan fingerprint density at radius 2 is 1.58 bits per heavy atom. The molecule has 0 amide bonds. The van der Waals surface area contributed by atoms with Crippen molar-refractivity contribution in [1.82, 2.24) is 5.06 Å². The van der Waals surface area contributed by atoms with Crippen molar-refractivity contribution in [3.63, 3.8) is 0 Å².